The summed E-state index contributed by atoms with van der Waals surface area (Å²) in [5.41, 5.74) is 0. The van der Waals surface area contributed by atoms with Crippen molar-refractivity contribution < 1.29 is 104 Å². The van der Waals surface area contributed by atoms with Crippen molar-refractivity contribution in [2.75, 3.05) is 26.4 Å². The summed E-state index contributed by atoms with van der Waals surface area (Å²) in [6.07, 6.45) is 3.47. The lowest BCUT2D eigenvalue weighted by Gasteiger charge is -2.50. The second kappa shape index (κ2) is 40.3. The van der Waals surface area contributed by atoms with Gasteiger partial charge in [0.15, 0.2) is 12.6 Å². The fraction of sp³-hybridized carbons (Fsp3) is 0.930. The van der Waals surface area contributed by atoms with E-state index in [2.05, 4.69) is 19.2 Å². The van der Waals surface area contributed by atoms with Crippen molar-refractivity contribution in [2.24, 2.45) is 0 Å². The number of carboxylic acids is 1. The quantitative estimate of drug-likeness (QED) is 0.0308. The molecule has 0 bridgehead atoms. The number of hydrogen-bond donors (Lipinski definition) is 14. The highest BCUT2D eigenvalue weighted by Crippen LogP contribution is 2.38. The maximum atomic E-state index is 13.3. The largest absolute Gasteiger partial charge is 0.477 e. The summed E-state index contributed by atoms with van der Waals surface area (Å²) in [5, 5.41) is 142. The normalized spacial score (nSPS) is 31.0. The molecule has 22 heteroatoms. The van der Waals surface area contributed by atoms with Crippen LogP contribution < -0.4 is 5.32 Å². The molecule has 79 heavy (non-hydrogen) atoms. The Bertz CT molecular complexity index is 1620. The summed E-state index contributed by atoms with van der Waals surface area (Å²) in [6, 6.07) is -1.03. The number of rotatable bonds is 44. The molecule has 3 fully saturated rings. The Balaban J connectivity index is 1.63. The Morgan fingerprint density at radius 1 is 0.608 bits per heavy atom. The number of aliphatic hydroxyl groups is 12. The number of amides is 1. The van der Waals surface area contributed by atoms with Crippen LogP contribution in [0.3, 0.4) is 0 Å². The molecule has 0 aliphatic carbocycles. The van der Waals surface area contributed by atoms with Crippen LogP contribution in [0.4, 0.5) is 0 Å². The lowest BCUT2D eigenvalue weighted by Crippen LogP contribution is -2.69. The molecule has 14 N–H and O–H groups in total. The Labute approximate surface area is 468 Å². The maximum absolute atomic E-state index is 13.3. The number of carbonyl (C=O) groups excluding carboxylic acids is 1. The molecule has 0 spiro atoms. The second-order valence-corrected chi connectivity index (χ2v) is 22.2. The predicted molar refractivity (Wildman–Crippen MR) is 290 cm³/mol. The Morgan fingerprint density at radius 3 is 1.59 bits per heavy atom. The molecule has 1 amide bonds. The van der Waals surface area contributed by atoms with Crippen LogP contribution in [-0.2, 0) is 38.0 Å². The van der Waals surface area contributed by atoms with Crippen molar-refractivity contribution in [1.82, 2.24) is 5.32 Å². The number of allylic oxidation sites excluding steroid dienone is 1. The third kappa shape index (κ3) is 24.6. The van der Waals surface area contributed by atoms with E-state index in [0.29, 0.717) is 12.8 Å². The molecule has 3 aliphatic heterocycles. The highest BCUT2D eigenvalue weighted by atomic mass is 16.8. The molecule has 0 saturated carbocycles. The van der Waals surface area contributed by atoms with Crippen molar-refractivity contribution in [3.05, 3.63) is 12.2 Å². The third-order valence-electron chi connectivity index (χ3n) is 15.6. The summed E-state index contributed by atoms with van der Waals surface area (Å²) in [5.74, 6) is -5.38. The monoisotopic (exact) mass is 1140 g/mol. The van der Waals surface area contributed by atoms with E-state index in [1.807, 2.05) is 6.08 Å². The van der Waals surface area contributed by atoms with Crippen LogP contribution in [0.2, 0.25) is 0 Å². The molecule has 0 aromatic carbocycles. The van der Waals surface area contributed by atoms with Crippen molar-refractivity contribution in [3.8, 4) is 0 Å². The summed E-state index contributed by atoms with van der Waals surface area (Å²) in [4.78, 5) is 26.1. The van der Waals surface area contributed by atoms with E-state index in [1.165, 1.54) is 116 Å². The first-order chi connectivity index (χ1) is 38.0. The smallest absolute Gasteiger partial charge is 0.364 e. The number of aliphatic carboxylic acids is 1. The molecular formula is C57H105NO21. The molecule has 22 nitrogen and oxygen atoms in total. The van der Waals surface area contributed by atoms with E-state index in [1.54, 1.807) is 6.08 Å². The van der Waals surface area contributed by atoms with Crippen LogP contribution in [0.5, 0.6) is 0 Å². The van der Waals surface area contributed by atoms with Gasteiger partial charge in [-0.2, -0.15) is 0 Å². The molecule has 3 heterocycles. The molecule has 6 unspecified atom stereocenters. The van der Waals surface area contributed by atoms with Gasteiger partial charge in [-0.05, 0) is 19.3 Å². The molecule has 3 aliphatic rings. The van der Waals surface area contributed by atoms with Crippen LogP contribution in [0.15, 0.2) is 12.2 Å². The first-order valence-electron chi connectivity index (χ1n) is 30.1. The lowest BCUT2D eigenvalue weighted by atomic mass is 9.90. The highest BCUT2D eigenvalue weighted by molar-refractivity contribution is 5.76. The predicted octanol–water partition coefficient (Wildman–Crippen LogP) is 3.02. The van der Waals surface area contributed by atoms with Crippen molar-refractivity contribution in [3.63, 3.8) is 0 Å². The van der Waals surface area contributed by atoms with Gasteiger partial charge in [0.2, 0.25) is 5.91 Å². The van der Waals surface area contributed by atoms with Crippen LogP contribution >= 0.6 is 0 Å². The van der Waals surface area contributed by atoms with E-state index in [4.69, 9.17) is 28.4 Å². The number of unbranched alkanes of at least 4 members (excludes halogenated alkanes) is 25. The van der Waals surface area contributed by atoms with Gasteiger partial charge in [0, 0.05) is 12.8 Å². The summed E-state index contributed by atoms with van der Waals surface area (Å²) in [7, 11) is 0. The van der Waals surface area contributed by atoms with Gasteiger partial charge in [0.25, 0.3) is 5.79 Å². The van der Waals surface area contributed by atoms with E-state index in [-0.39, 0.29) is 12.3 Å². The van der Waals surface area contributed by atoms with Gasteiger partial charge in [-0.15, -0.1) is 0 Å². The summed E-state index contributed by atoms with van der Waals surface area (Å²) >= 11 is 0. The first-order valence-corrected chi connectivity index (χ1v) is 30.1. The molecule has 464 valence electrons. The van der Waals surface area contributed by atoms with Gasteiger partial charge in [-0.25, -0.2) is 4.79 Å². The van der Waals surface area contributed by atoms with Gasteiger partial charge < -0.3 is 100 Å². The Morgan fingerprint density at radius 2 is 1.10 bits per heavy atom. The van der Waals surface area contributed by atoms with Gasteiger partial charge in [0.1, 0.15) is 73.2 Å². The number of hydrogen-bond acceptors (Lipinski definition) is 20. The number of carboxylic acid groups (broad SMARTS) is 1. The summed E-state index contributed by atoms with van der Waals surface area (Å²) < 4.78 is 34.2. The van der Waals surface area contributed by atoms with Crippen molar-refractivity contribution in [1.29, 1.82) is 0 Å². The zero-order valence-corrected chi connectivity index (χ0v) is 47.4. The number of carbonyl (C=O) groups is 2. The van der Waals surface area contributed by atoms with E-state index in [9.17, 15) is 76.0 Å². The third-order valence-corrected chi connectivity index (χ3v) is 15.6. The van der Waals surface area contributed by atoms with Gasteiger partial charge in [0.05, 0.1) is 44.7 Å². The molecule has 3 rings (SSSR count). The topological polar surface area (TPSA) is 365 Å². The zero-order valence-electron chi connectivity index (χ0n) is 47.4. The van der Waals surface area contributed by atoms with Gasteiger partial charge >= 0.3 is 5.97 Å². The maximum Gasteiger partial charge on any atom is 0.364 e. The number of nitrogens with one attached hydrogen (secondary N) is 1. The summed E-state index contributed by atoms with van der Waals surface area (Å²) in [6.45, 7) is 1.08. The lowest BCUT2D eigenvalue weighted by molar-refractivity contribution is -0.390. The van der Waals surface area contributed by atoms with E-state index in [0.717, 1.165) is 44.9 Å². The molecule has 0 aromatic rings. The average Bonchev–Trinajstić information content (AvgIpc) is 3.51. The first kappa shape index (κ1) is 71.2. The standard InChI is InChI=1S/C57H105NO21/c1-3-5-7-9-11-13-15-17-18-20-22-24-26-28-30-32-44(65)58-38(39(62)31-29-27-25-23-21-19-16-14-12-10-8-6-4-2)37-74-54-49(70)48(69)51(43(36-61)76-54)77-55-50(71)53(47(68)42(35-60)75-55)79-57(56(72)73)33-40(63)45(66)52(78-57)46(67)41(64)34-59/h29,31,38-43,45-55,59-64,66-71H,3-28,30,32-37H2,1-2H3,(H,58,65)(H,72,73)/b31-29+/t38-,39+,40?,41+,42?,43?,45+,46+,47-,48+,49?,50?,51+,52?,53-,54+,55-,57-/m0/s1. The van der Waals surface area contributed by atoms with Gasteiger partial charge in [-0.3, -0.25) is 4.79 Å². The van der Waals surface area contributed by atoms with Crippen LogP contribution in [0.25, 0.3) is 0 Å². The van der Waals surface area contributed by atoms with E-state index >= 15 is 0 Å². The Kier molecular flexibility index (Phi) is 36.3. The molecule has 0 aromatic heterocycles. The van der Waals surface area contributed by atoms with Crippen LogP contribution in [0, 0.1) is 0 Å². The second-order valence-electron chi connectivity index (χ2n) is 22.2. The number of aliphatic hydroxyl groups excluding tert-OH is 12. The minimum absolute atomic E-state index is 0.208. The minimum Gasteiger partial charge on any atom is -0.477 e. The minimum atomic E-state index is -3.07. The molecule has 18 atom stereocenters. The van der Waals surface area contributed by atoms with Crippen LogP contribution in [0.1, 0.15) is 200 Å². The SMILES string of the molecule is CCCCCCCCCCCCC/C=C/[C@@H](O)[C@H](CO[C@@H]1OC(CO)[C@@H](O[C@@H]2OC(CO)[C@H](O)[C@H](O[C@]3(C(=O)O)CC(O)[C@@H](O)C([C@H](O)[C@H](O)CO)O3)C2O)[C@H](O)C1O)NC(=O)CCCCCCCCCCCCCCCCC. The fourth-order valence-electron chi connectivity index (χ4n) is 10.5. The average molecular weight is 1140 g/mol. The van der Waals surface area contributed by atoms with Crippen molar-refractivity contribution >= 4 is 11.9 Å². The fourth-order valence-corrected chi connectivity index (χ4v) is 10.5. The molecular weight excluding hydrogens is 1030 g/mol. The van der Waals surface area contributed by atoms with Gasteiger partial charge in [-0.1, -0.05) is 180 Å². The Hall–Kier alpha value is -2.04. The highest BCUT2D eigenvalue weighted by Gasteiger charge is 2.60. The number of ether oxygens (including phenoxy) is 6. The molecule has 0 radical (unpaired) electrons. The van der Waals surface area contributed by atoms with Crippen LogP contribution in [-0.4, -0.2) is 215 Å². The molecule has 3 saturated heterocycles. The van der Waals surface area contributed by atoms with Crippen molar-refractivity contribution in [2.45, 2.75) is 310 Å². The van der Waals surface area contributed by atoms with E-state index < -0.39 is 149 Å². The zero-order chi connectivity index (χ0) is 58.2.